The SMILES string of the molecule is COC(=O)C1c2ccccc2C(=O)C1Cc1ccccc1. The van der Waals surface area contributed by atoms with Crippen LogP contribution in [0.25, 0.3) is 0 Å². The van der Waals surface area contributed by atoms with Crippen LogP contribution >= 0.6 is 0 Å². The van der Waals surface area contributed by atoms with Crippen molar-refractivity contribution in [3.8, 4) is 0 Å². The number of rotatable bonds is 3. The molecule has 3 rings (SSSR count). The van der Waals surface area contributed by atoms with E-state index < -0.39 is 5.92 Å². The molecule has 2 unspecified atom stereocenters. The summed E-state index contributed by atoms with van der Waals surface area (Å²) in [7, 11) is 1.37. The zero-order valence-corrected chi connectivity index (χ0v) is 11.8. The van der Waals surface area contributed by atoms with Crippen molar-refractivity contribution < 1.29 is 14.3 Å². The van der Waals surface area contributed by atoms with Gasteiger partial charge in [0.25, 0.3) is 0 Å². The molecule has 1 aliphatic carbocycles. The third kappa shape index (κ3) is 2.35. The van der Waals surface area contributed by atoms with Crippen LogP contribution in [0, 0.1) is 5.92 Å². The summed E-state index contributed by atoms with van der Waals surface area (Å²) in [5, 5.41) is 0. The molecule has 0 saturated carbocycles. The Bertz CT molecular complexity index is 676. The number of ketones is 1. The predicted octanol–water partition coefficient (Wildman–Crippen LogP) is 3.00. The van der Waals surface area contributed by atoms with Crippen molar-refractivity contribution in [3.05, 3.63) is 71.3 Å². The number of fused-ring (bicyclic) bond motifs is 1. The second-order valence-electron chi connectivity index (χ2n) is 5.25. The predicted molar refractivity (Wildman–Crippen MR) is 79.2 cm³/mol. The van der Waals surface area contributed by atoms with Crippen LogP contribution in [0.5, 0.6) is 0 Å². The van der Waals surface area contributed by atoms with Crippen LogP contribution in [0.4, 0.5) is 0 Å². The first-order valence-corrected chi connectivity index (χ1v) is 6.97. The van der Waals surface area contributed by atoms with E-state index in [-0.39, 0.29) is 17.7 Å². The minimum atomic E-state index is -0.501. The first-order valence-electron chi connectivity index (χ1n) is 6.97. The van der Waals surface area contributed by atoms with Crippen molar-refractivity contribution in [3.63, 3.8) is 0 Å². The van der Waals surface area contributed by atoms with Gasteiger partial charge in [0, 0.05) is 11.5 Å². The molecule has 0 bridgehead atoms. The Morgan fingerprint density at radius 1 is 1.05 bits per heavy atom. The number of methoxy groups -OCH3 is 1. The average Bonchev–Trinajstić information content (AvgIpc) is 2.81. The number of ether oxygens (including phenoxy) is 1. The van der Waals surface area contributed by atoms with E-state index in [2.05, 4.69) is 0 Å². The third-order valence-corrected chi connectivity index (χ3v) is 4.05. The molecule has 0 aromatic heterocycles. The van der Waals surface area contributed by atoms with Gasteiger partial charge in [-0.15, -0.1) is 0 Å². The number of esters is 1. The summed E-state index contributed by atoms with van der Waals surface area (Å²) < 4.78 is 4.92. The number of Topliss-reactive ketones (excluding diaryl/α,β-unsaturated/α-hetero) is 1. The highest BCUT2D eigenvalue weighted by molar-refractivity contribution is 6.07. The Morgan fingerprint density at radius 2 is 1.71 bits per heavy atom. The summed E-state index contributed by atoms with van der Waals surface area (Å²) in [4.78, 5) is 24.8. The van der Waals surface area contributed by atoms with Gasteiger partial charge in [0.05, 0.1) is 13.0 Å². The second-order valence-corrected chi connectivity index (χ2v) is 5.25. The van der Waals surface area contributed by atoms with Crippen molar-refractivity contribution >= 4 is 11.8 Å². The van der Waals surface area contributed by atoms with Gasteiger partial charge in [-0.1, -0.05) is 54.6 Å². The normalized spacial score (nSPS) is 20.1. The lowest BCUT2D eigenvalue weighted by Gasteiger charge is -2.17. The first-order chi connectivity index (χ1) is 10.2. The zero-order valence-electron chi connectivity index (χ0n) is 11.8. The van der Waals surface area contributed by atoms with E-state index in [1.54, 1.807) is 6.07 Å². The van der Waals surface area contributed by atoms with E-state index in [1.165, 1.54) is 7.11 Å². The minimum Gasteiger partial charge on any atom is -0.469 e. The maximum absolute atomic E-state index is 12.6. The van der Waals surface area contributed by atoms with Crippen LogP contribution in [0.1, 0.15) is 27.4 Å². The standard InChI is InChI=1S/C18H16O3/c1-21-18(20)16-13-9-5-6-10-14(13)17(19)15(16)11-12-7-3-2-4-8-12/h2-10,15-16H,11H2,1H3. The van der Waals surface area contributed by atoms with Gasteiger partial charge in [0.15, 0.2) is 5.78 Å². The monoisotopic (exact) mass is 280 g/mol. The van der Waals surface area contributed by atoms with Crippen LogP contribution in [-0.2, 0) is 16.0 Å². The number of hydrogen-bond donors (Lipinski definition) is 0. The molecule has 106 valence electrons. The zero-order chi connectivity index (χ0) is 14.8. The molecule has 2 aromatic carbocycles. The molecule has 0 fully saturated rings. The third-order valence-electron chi connectivity index (χ3n) is 4.05. The summed E-state index contributed by atoms with van der Waals surface area (Å²) in [6.07, 6.45) is 0.550. The highest BCUT2D eigenvalue weighted by Gasteiger charge is 2.44. The van der Waals surface area contributed by atoms with E-state index in [0.717, 1.165) is 11.1 Å². The molecule has 3 heteroatoms. The lowest BCUT2D eigenvalue weighted by Crippen LogP contribution is -2.24. The molecular weight excluding hydrogens is 264 g/mol. The van der Waals surface area contributed by atoms with Crippen molar-refractivity contribution in [1.82, 2.24) is 0 Å². The molecule has 3 nitrogen and oxygen atoms in total. The van der Waals surface area contributed by atoms with Crippen LogP contribution in [0.3, 0.4) is 0 Å². The average molecular weight is 280 g/mol. The van der Waals surface area contributed by atoms with Crippen molar-refractivity contribution in [1.29, 1.82) is 0 Å². The van der Waals surface area contributed by atoms with Gasteiger partial charge in [-0.3, -0.25) is 9.59 Å². The van der Waals surface area contributed by atoms with Gasteiger partial charge >= 0.3 is 5.97 Å². The smallest absolute Gasteiger partial charge is 0.313 e. The number of benzene rings is 2. The molecule has 2 atom stereocenters. The molecule has 0 N–H and O–H groups in total. The summed E-state index contributed by atoms with van der Waals surface area (Å²) in [6.45, 7) is 0. The molecule has 0 spiro atoms. The van der Waals surface area contributed by atoms with E-state index in [0.29, 0.717) is 12.0 Å². The quantitative estimate of drug-likeness (QED) is 0.812. The maximum atomic E-state index is 12.6. The van der Waals surface area contributed by atoms with E-state index >= 15 is 0 Å². The molecule has 0 amide bonds. The summed E-state index contributed by atoms with van der Waals surface area (Å²) in [5.74, 6) is -1.18. The van der Waals surface area contributed by atoms with Crippen LogP contribution in [-0.4, -0.2) is 18.9 Å². The van der Waals surface area contributed by atoms with E-state index in [1.807, 2.05) is 48.5 Å². The second kappa shape index (κ2) is 5.52. The summed E-state index contributed by atoms with van der Waals surface area (Å²) >= 11 is 0. The fraction of sp³-hybridized carbons (Fsp3) is 0.222. The molecule has 0 heterocycles. The van der Waals surface area contributed by atoms with Gasteiger partial charge in [0.2, 0.25) is 0 Å². The highest BCUT2D eigenvalue weighted by Crippen LogP contribution is 2.40. The first kappa shape index (κ1) is 13.6. The summed E-state index contributed by atoms with van der Waals surface area (Å²) in [6, 6.07) is 17.1. The molecule has 0 saturated heterocycles. The fourth-order valence-electron chi connectivity index (χ4n) is 3.06. The Labute approximate surface area is 123 Å². The largest absolute Gasteiger partial charge is 0.469 e. The van der Waals surface area contributed by atoms with E-state index in [4.69, 9.17) is 4.74 Å². The molecule has 21 heavy (non-hydrogen) atoms. The Morgan fingerprint density at radius 3 is 2.43 bits per heavy atom. The van der Waals surface area contributed by atoms with Gasteiger partial charge in [-0.25, -0.2) is 0 Å². The lowest BCUT2D eigenvalue weighted by molar-refractivity contribution is -0.143. The summed E-state index contributed by atoms with van der Waals surface area (Å²) in [5.41, 5.74) is 2.49. The Kier molecular flexibility index (Phi) is 3.57. The van der Waals surface area contributed by atoms with Crippen molar-refractivity contribution in [2.75, 3.05) is 7.11 Å². The topological polar surface area (TPSA) is 43.4 Å². The Balaban J connectivity index is 1.99. The van der Waals surface area contributed by atoms with E-state index in [9.17, 15) is 9.59 Å². The van der Waals surface area contributed by atoms with Gasteiger partial charge in [0.1, 0.15) is 0 Å². The van der Waals surface area contributed by atoms with Gasteiger partial charge < -0.3 is 4.74 Å². The highest BCUT2D eigenvalue weighted by atomic mass is 16.5. The van der Waals surface area contributed by atoms with Crippen LogP contribution in [0.15, 0.2) is 54.6 Å². The molecule has 0 radical (unpaired) electrons. The van der Waals surface area contributed by atoms with Crippen molar-refractivity contribution in [2.24, 2.45) is 5.92 Å². The van der Waals surface area contributed by atoms with Crippen LogP contribution < -0.4 is 0 Å². The van der Waals surface area contributed by atoms with Gasteiger partial charge in [-0.2, -0.15) is 0 Å². The number of carbonyl (C=O) groups excluding carboxylic acids is 2. The molecular formula is C18H16O3. The number of carbonyl (C=O) groups is 2. The van der Waals surface area contributed by atoms with Gasteiger partial charge in [-0.05, 0) is 17.5 Å². The molecule has 2 aromatic rings. The number of hydrogen-bond acceptors (Lipinski definition) is 3. The molecule has 0 aliphatic heterocycles. The maximum Gasteiger partial charge on any atom is 0.313 e. The fourth-order valence-corrected chi connectivity index (χ4v) is 3.06. The Hall–Kier alpha value is -2.42. The van der Waals surface area contributed by atoms with Crippen molar-refractivity contribution in [2.45, 2.75) is 12.3 Å². The molecule has 1 aliphatic rings. The minimum absolute atomic E-state index is 0.0323. The lowest BCUT2D eigenvalue weighted by atomic mass is 9.87. The van der Waals surface area contributed by atoms with Crippen LogP contribution in [0.2, 0.25) is 0 Å².